The van der Waals surface area contributed by atoms with E-state index in [2.05, 4.69) is 16.2 Å². The van der Waals surface area contributed by atoms with Crippen molar-refractivity contribution in [1.29, 1.82) is 0 Å². The van der Waals surface area contributed by atoms with E-state index >= 15 is 0 Å². The monoisotopic (exact) mass is 253 g/mol. The molecule has 0 fully saturated rings. The first-order valence-electron chi connectivity index (χ1n) is 5.12. The Hall–Kier alpha value is -1.82. The lowest BCUT2D eigenvalue weighted by Crippen LogP contribution is -2.49. The minimum Gasteiger partial charge on any atom is -0.481 e. The van der Waals surface area contributed by atoms with Gasteiger partial charge >= 0.3 is 0 Å². The van der Waals surface area contributed by atoms with Crippen LogP contribution >= 0.6 is 12.2 Å². The van der Waals surface area contributed by atoms with Gasteiger partial charge in [-0.05, 0) is 31.3 Å². The number of carbonyl (C=O) groups excluding carboxylic acids is 1. The minimum atomic E-state index is -0.607. The van der Waals surface area contributed by atoms with Crippen LogP contribution < -0.4 is 20.9 Å². The number of para-hydroxylation sites is 1. The third-order valence-corrected chi connectivity index (χ3v) is 2.26. The molecular weight excluding hydrogens is 238 g/mol. The summed E-state index contributed by atoms with van der Waals surface area (Å²) in [5, 5.41) is 3.01. The second kappa shape index (κ2) is 6.70. The first-order chi connectivity index (χ1) is 8.13. The Morgan fingerprint density at radius 3 is 2.53 bits per heavy atom. The second-order valence-corrected chi connectivity index (χ2v) is 3.67. The highest BCUT2D eigenvalue weighted by atomic mass is 32.1. The molecule has 0 unspecified atom stereocenters. The first kappa shape index (κ1) is 13.2. The number of nitrogens with one attached hydrogen (secondary N) is 3. The number of amides is 1. The van der Waals surface area contributed by atoms with Crippen molar-refractivity contribution < 1.29 is 9.53 Å². The molecule has 1 atom stereocenters. The molecule has 1 amide bonds. The summed E-state index contributed by atoms with van der Waals surface area (Å²) in [7, 11) is 1.66. The summed E-state index contributed by atoms with van der Waals surface area (Å²) < 4.78 is 5.43. The predicted octanol–water partition coefficient (Wildman–Crippen LogP) is 0.579. The third-order valence-electron chi connectivity index (χ3n) is 1.95. The Morgan fingerprint density at radius 2 is 1.94 bits per heavy atom. The first-order valence-corrected chi connectivity index (χ1v) is 5.53. The van der Waals surface area contributed by atoms with Crippen LogP contribution in [0.2, 0.25) is 0 Å². The van der Waals surface area contributed by atoms with Crippen molar-refractivity contribution in [3.63, 3.8) is 0 Å². The molecule has 92 valence electrons. The number of thiocarbonyl (C=S) groups is 1. The summed E-state index contributed by atoms with van der Waals surface area (Å²) in [5.41, 5.74) is 4.98. The van der Waals surface area contributed by atoms with Gasteiger partial charge in [0.25, 0.3) is 5.91 Å². The topological polar surface area (TPSA) is 62.4 Å². The standard InChI is InChI=1S/C11H15N3O2S/c1-8(10(15)13-14-11(17)12-2)16-9-6-4-3-5-7-9/h3-8H,1-2H3,(H,13,15)(H2,12,14,17)/t8-/m0/s1. The van der Waals surface area contributed by atoms with Crippen LogP contribution in [0.3, 0.4) is 0 Å². The van der Waals surface area contributed by atoms with E-state index < -0.39 is 6.10 Å². The summed E-state index contributed by atoms with van der Waals surface area (Å²) in [4.78, 5) is 11.6. The van der Waals surface area contributed by atoms with Crippen molar-refractivity contribution in [2.75, 3.05) is 7.05 Å². The zero-order valence-electron chi connectivity index (χ0n) is 9.69. The molecule has 0 aliphatic heterocycles. The van der Waals surface area contributed by atoms with E-state index in [1.807, 2.05) is 18.2 Å². The van der Waals surface area contributed by atoms with Crippen molar-refractivity contribution in [2.45, 2.75) is 13.0 Å². The van der Waals surface area contributed by atoms with Crippen molar-refractivity contribution in [3.8, 4) is 5.75 Å². The lowest BCUT2D eigenvalue weighted by molar-refractivity contribution is -0.127. The molecule has 0 spiro atoms. The smallest absolute Gasteiger partial charge is 0.279 e. The fraction of sp³-hybridized carbons (Fsp3) is 0.273. The molecule has 0 saturated carbocycles. The lowest BCUT2D eigenvalue weighted by Gasteiger charge is -2.15. The van der Waals surface area contributed by atoms with E-state index in [9.17, 15) is 4.79 Å². The fourth-order valence-electron chi connectivity index (χ4n) is 1.04. The van der Waals surface area contributed by atoms with Crippen molar-refractivity contribution in [2.24, 2.45) is 0 Å². The summed E-state index contributed by atoms with van der Waals surface area (Å²) >= 11 is 4.81. The zero-order valence-corrected chi connectivity index (χ0v) is 10.5. The lowest BCUT2D eigenvalue weighted by atomic mass is 10.3. The van der Waals surface area contributed by atoms with Gasteiger partial charge < -0.3 is 10.1 Å². The van der Waals surface area contributed by atoms with E-state index in [0.717, 1.165) is 0 Å². The second-order valence-electron chi connectivity index (χ2n) is 3.27. The van der Waals surface area contributed by atoms with E-state index in [0.29, 0.717) is 10.9 Å². The fourth-order valence-corrected chi connectivity index (χ4v) is 1.09. The average molecular weight is 253 g/mol. The highest BCUT2D eigenvalue weighted by Gasteiger charge is 2.14. The molecule has 0 radical (unpaired) electrons. The van der Waals surface area contributed by atoms with Gasteiger partial charge in [-0.15, -0.1) is 0 Å². The molecule has 0 heterocycles. The number of benzene rings is 1. The number of hydrazine groups is 1. The van der Waals surface area contributed by atoms with Crippen LogP contribution in [0.1, 0.15) is 6.92 Å². The quantitative estimate of drug-likeness (QED) is 0.543. The number of rotatable bonds is 3. The molecule has 1 aromatic carbocycles. The van der Waals surface area contributed by atoms with Gasteiger partial charge in [0.15, 0.2) is 11.2 Å². The van der Waals surface area contributed by atoms with Crippen LogP contribution in [-0.2, 0) is 4.79 Å². The Kier molecular flexibility index (Phi) is 5.22. The van der Waals surface area contributed by atoms with Crippen LogP contribution in [0.25, 0.3) is 0 Å². The van der Waals surface area contributed by atoms with Crippen LogP contribution in [-0.4, -0.2) is 24.2 Å². The predicted molar refractivity (Wildman–Crippen MR) is 69.5 cm³/mol. The molecular formula is C11H15N3O2S. The average Bonchev–Trinajstić information content (AvgIpc) is 2.36. The van der Waals surface area contributed by atoms with E-state index in [1.165, 1.54) is 0 Å². The molecule has 3 N–H and O–H groups in total. The number of ether oxygens (including phenoxy) is 1. The number of carbonyl (C=O) groups is 1. The van der Waals surface area contributed by atoms with Gasteiger partial charge in [0.1, 0.15) is 5.75 Å². The van der Waals surface area contributed by atoms with E-state index in [1.54, 1.807) is 26.1 Å². The molecule has 1 aromatic rings. The maximum Gasteiger partial charge on any atom is 0.279 e. The minimum absolute atomic E-state index is 0.300. The summed E-state index contributed by atoms with van der Waals surface area (Å²) in [6.07, 6.45) is -0.607. The van der Waals surface area contributed by atoms with Gasteiger partial charge in [0.2, 0.25) is 0 Å². The van der Waals surface area contributed by atoms with Gasteiger partial charge in [-0.2, -0.15) is 0 Å². The third kappa shape index (κ3) is 4.69. The normalized spacial score (nSPS) is 11.2. The summed E-state index contributed by atoms with van der Waals surface area (Å²) in [5.74, 6) is 0.345. The van der Waals surface area contributed by atoms with Crippen molar-refractivity contribution >= 4 is 23.2 Å². The Bertz CT molecular complexity index is 384. The van der Waals surface area contributed by atoms with Crippen LogP contribution in [0.15, 0.2) is 30.3 Å². The molecule has 0 aliphatic carbocycles. The van der Waals surface area contributed by atoms with Gasteiger partial charge in [-0.3, -0.25) is 15.6 Å². The molecule has 17 heavy (non-hydrogen) atoms. The van der Waals surface area contributed by atoms with Gasteiger partial charge in [0, 0.05) is 7.05 Å². The van der Waals surface area contributed by atoms with Crippen LogP contribution in [0.4, 0.5) is 0 Å². The van der Waals surface area contributed by atoms with Crippen LogP contribution in [0, 0.1) is 0 Å². The SMILES string of the molecule is CNC(=S)NNC(=O)[C@H](C)Oc1ccccc1. The highest BCUT2D eigenvalue weighted by molar-refractivity contribution is 7.80. The molecule has 6 heteroatoms. The molecule has 5 nitrogen and oxygen atoms in total. The molecule has 0 bridgehead atoms. The Balaban J connectivity index is 2.40. The van der Waals surface area contributed by atoms with Crippen molar-refractivity contribution in [1.82, 2.24) is 16.2 Å². The van der Waals surface area contributed by atoms with E-state index in [-0.39, 0.29) is 5.91 Å². The van der Waals surface area contributed by atoms with Gasteiger partial charge in [0.05, 0.1) is 0 Å². The van der Waals surface area contributed by atoms with Gasteiger partial charge in [-0.1, -0.05) is 18.2 Å². The van der Waals surface area contributed by atoms with Gasteiger partial charge in [-0.25, -0.2) is 0 Å². The van der Waals surface area contributed by atoms with Crippen molar-refractivity contribution in [3.05, 3.63) is 30.3 Å². The highest BCUT2D eigenvalue weighted by Crippen LogP contribution is 2.10. The van der Waals surface area contributed by atoms with Crippen LogP contribution in [0.5, 0.6) is 5.75 Å². The Morgan fingerprint density at radius 1 is 1.29 bits per heavy atom. The Labute approximate surface area is 106 Å². The molecule has 0 aliphatic rings. The molecule has 0 saturated heterocycles. The van der Waals surface area contributed by atoms with E-state index in [4.69, 9.17) is 17.0 Å². The molecule has 1 rings (SSSR count). The summed E-state index contributed by atoms with van der Waals surface area (Å²) in [6, 6.07) is 9.14. The number of hydrogen-bond acceptors (Lipinski definition) is 3. The molecule has 0 aromatic heterocycles. The summed E-state index contributed by atoms with van der Waals surface area (Å²) in [6.45, 7) is 1.66. The zero-order chi connectivity index (χ0) is 12.7. The maximum absolute atomic E-state index is 11.6. The largest absolute Gasteiger partial charge is 0.481 e. The number of hydrogen-bond donors (Lipinski definition) is 3. The maximum atomic E-state index is 11.6.